The smallest absolute Gasteiger partial charge is 0.273 e. The van der Waals surface area contributed by atoms with Gasteiger partial charge in [0, 0.05) is 17.7 Å². The second-order valence-electron chi connectivity index (χ2n) is 7.81. The number of fused-ring (bicyclic) bond motifs is 2. The van der Waals surface area contributed by atoms with Gasteiger partial charge in [-0.2, -0.15) is 5.10 Å². The lowest BCUT2D eigenvalue weighted by Gasteiger charge is -2.26. The summed E-state index contributed by atoms with van der Waals surface area (Å²) in [5.74, 6) is 0.809. The van der Waals surface area contributed by atoms with Crippen LogP contribution in [0.1, 0.15) is 33.2 Å². The van der Waals surface area contributed by atoms with Crippen LogP contribution in [-0.2, 0) is 6.54 Å². The molecule has 2 aliphatic rings. The molecule has 1 N–H and O–H groups in total. The van der Waals surface area contributed by atoms with E-state index in [-0.39, 0.29) is 18.5 Å². The molecule has 2 aliphatic heterocycles. The predicted octanol–water partition coefficient (Wildman–Crippen LogP) is 4.69. The molecule has 0 radical (unpaired) electrons. The number of aromatic nitrogens is 2. The van der Waals surface area contributed by atoms with Crippen LogP contribution in [0.25, 0.3) is 11.3 Å². The number of aromatic amines is 1. The number of carbonyl (C=O) groups is 1. The summed E-state index contributed by atoms with van der Waals surface area (Å²) in [4.78, 5) is 15.2. The third-order valence-corrected chi connectivity index (χ3v) is 5.87. The molecule has 0 saturated heterocycles. The summed E-state index contributed by atoms with van der Waals surface area (Å²) < 4.78 is 25.1. The Morgan fingerprint density at radius 2 is 1.84 bits per heavy atom. The highest BCUT2D eigenvalue weighted by atomic mass is 19.1. The lowest BCUT2D eigenvalue weighted by molar-refractivity contribution is 0.0729. The number of halogens is 1. The van der Waals surface area contributed by atoms with Crippen molar-refractivity contribution in [2.75, 3.05) is 6.79 Å². The maximum Gasteiger partial charge on any atom is 0.273 e. The first-order valence-corrected chi connectivity index (χ1v) is 10.3. The summed E-state index contributed by atoms with van der Waals surface area (Å²) in [7, 11) is 0. The van der Waals surface area contributed by atoms with Crippen molar-refractivity contribution in [3.8, 4) is 22.8 Å². The number of carbonyl (C=O) groups excluding carboxylic acids is 1. The summed E-state index contributed by atoms with van der Waals surface area (Å²) in [5.41, 5.74) is 4.35. The summed E-state index contributed by atoms with van der Waals surface area (Å²) in [6.45, 7) is 0.511. The van der Waals surface area contributed by atoms with Gasteiger partial charge in [0.25, 0.3) is 5.91 Å². The van der Waals surface area contributed by atoms with E-state index in [0.29, 0.717) is 35.0 Å². The van der Waals surface area contributed by atoms with Gasteiger partial charge in [0.05, 0.1) is 11.7 Å². The molecule has 4 aromatic rings. The van der Waals surface area contributed by atoms with Crippen LogP contribution in [0.2, 0.25) is 0 Å². The van der Waals surface area contributed by atoms with Crippen LogP contribution in [0, 0.1) is 5.82 Å². The molecule has 7 heteroatoms. The topological polar surface area (TPSA) is 67.5 Å². The van der Waals surface area contributed by atoms with Crippen LogP contribution < -0.4 is 9.47 Å². The van der Waals surface area contributed by atoms with E-state index in [9.17, 15) is 9.18 Å². The van der Waals surface area contributed by atoms with Crippen molar-refractivity contribution in [1.29, 1.82) is 0 Å². The molecule has 3 heterocycles. The van der Waals surface area contributed by atoms with Crippen molar-refractivity contribution < 1.29 is 18.7 Å². The zero-order valence-electron chi connectivity index (χ0n) is 16.9. The summed E-state index contributed by atoms with van der Waals surface area (Å²) >= 11 is 0. The fourth-order valence-corrected chi connectivity index (χ4v) is 4.44. The molecule has 6 rings (SSSR count). The van der Waals surface area contributed by atoms with E-state index in [1.54, 1.807) is 11.0 Å². The van der Waals surface area contributed by atoms with Gasteiger partial charge in [-0.25, -0.2) is 4.39 Å². The number of ether oxygens (including phenoxy) is 2. The molecule has 1 atom stereocenters. The van der Waals surface area contributed by atoms with Crippen molar-refractivity contribution >= 4 is 5.91 Å². The van der Waals surface area contributed by atoms with Gasteiger partial charge in [0.1, 0.15) is 11.5 Å². The van der Waals surface area contributed by atoms with Gasteiger partial charge in [-0.05, 0) is 35.4 Å². The first-order chi connectivity index (χ1) is 15.7. The number of H-pyrrole nitrogens is 1. The molecule has 158 valence electrons. The fourth-order valence-electron chi connectivity index (χ4n) is 4.44. The molecular weight excluding hydrogens is 409 g/mol. The highest BCUT2D eigenvalue weighted by Crippen LogP contribution is 2.44. The van der Waals surface area contributed by atoms with Crippen molar-refractivity contribution in [2.45, 2.75) is 12.6 Å². The number of rotatable bonds is 4. The lowest BCUT2D eigenvalue weighted by Crippen LogP contribution is -2.29. The monoisotopic (exact) mass is 427 g/mol. The number of benzene rings is 3. The third-order valence-electron chi connectivity index (χ3n) is 5.87. The SMILES string of the molecule is O=C1c2[nH]nc(-c3ccccc3)c2C(c2cccc(F)c2)N1Cc1ccc2c(c1)OCO2. The Morgan fingerprint density at radius 1 is 1.00 bits per heavy atom. The Morgan fingerprint density at radius 3 is 2.69 bits per heavy atom. The molecule has 0 fully saturated rings. The second kappa shape index (κ2) is 7.23. The van der Waals surface area contributed by atoms with Crippen molar-refractivity contribution in [3.05, 3.63) is 101 Å². The number of amides is 1. The zero-order chi connectivity index (χ0) is 21.7. The van der Waals surface area contributed by atoms with Crippen LogP contribution in [0.4, 0.5) is 4.39 Å². The Hall–Kier alpha value is -4.13. The molecule has 0 saturated carbocycles. The molecule has 32 heavy (non-hydrogen) atoms. The second-order valence-corrected chi connectivity index (χ2v) is 7.81. The van der Waals surface area contributed by atoms with Crippen LogP contribution in [0.3, 0.4) is 0 Å². The number of nitrogens with one attached hydrogen (secondary N) is 1. The first-order valence-electron chi connectivity index (χ1n) is 10.3. The normalized spacial score (nSPS) is 16.5. The summed E-state index contributed by atoms with van der Waals surface area (Å²) in [6, 6.07) is 21.2. The number of hydrogen-bond donors (Lipinski definition) is 1. The average molecular weight is 427 g/mol. The largest absolute Gasteiger partial charge is 0.454 e. The molecule has 1 amide bonds. The Balaban J connectivity index is 1.47. The van der Waals surface area contributed by atoms with E-state index in [4.69, 9.17) is 9.47 Å². The molecule has 0 aliphatic carbocycles. The van der Waals surface area contributed by atoms with Gasteiger partial charge in [0.2, 0.25) is 6.79 Å². The van der Waals surface area contributed by atoms with Gasteiger partial charge in [-0.3, -0.25) is 9.89 Å². The zero-order valence-corrected chi connectivity index (χ0v) is 16.9. The maximum absolute atomic E-state index is 14.2. The van der Waals surface area contributed by atoms with E-state index < -0.39 is 6.04 Å². The van der Waals surface area contributed by atoms with Crippen LogP contribution in [0.5, 0.6) is 11.5 Å². The standard InChI is InChI=1S/C25H18FN3O3/c26-18-8-4-7-17(12-18)24-21-22(16-5-2-1-3-6-16)27-28-23(21)25(30)29(24)13-15-9-10-19-20(11-15)32-14-31-19/h1-12,24H,13-14H2,(H,27,28). The van der Waals surface area contributed by atoms with E-state index in [1.807, 2.05) is 54.6 Å². The van der Waals surface area contributed by atoms with Crippen LogP contribution in [0.15, 0.2) is 72.8 Å². The highest BCUT2D eigenvalue weighted by molar-refractivity contribution is 6.00. The molecular formula is C25H18FN3O3. The molecule has 0 spiro atoms. The quantitative estimate of drug-likeness (QED) is 0.513. The first kappa shape index (κ1) is 18.6. The average Bonchev–Trinajstić information content (AvgIpc) is 3.51. The van der Waals surface area contributed by atoms with E-state index in [1.165, 1.54) is 12.1 Å². The minimum atomic E-state index is -0.479. The van der Waals surface area contributed by atoms with Gasteiger partial charge in [-0.15, -0.1) is 0 Å². The van der Waals surface area contributed by atoms with Gasteiger partial charge >= 0.3 is 0 Å². The van der Waals surface area contributed by atoms with E-state index in [2.05, 4.69) is 10.2 Å². The number of nitrogens with zero attached hydrogens (tertiary/aromatic N) is 2. The van der Waals surface area contributed by atoms with E-state index in [0.717, 1.165) is 16.7 Å². The van der Waals surface area contributed by atoms with Crippen LogP contribution >= 0.6 is 0 Å². The molecule has 1 unspecified atom stereocenters. The Kier molecular flexibility index (Phi) is 4.21. The van der Waals surface area contributed by atoms with Crippen molar-refractivity contribution in [1.82, 2.24) is 15.1 Å². The van der Waals surface area contributed by atoms with Crippen molar-refractivity contribution in [2.24, 2.45) is 0 Å². The molecule has 0 bridgehead atoms. The third kappa shape index (κ3) is 2.93. The Bertz CT molecular complexity index is 1340. The summed E-state index contributed by atoms with van der Waals surface area (Å²) in [5, 5.41) is 7.37. The molecule has 6 nitrogen and oxygen atoms in total. The van der Waals surface area contributed by atoms with Crippen molar-refractivity contribution in [3.63, 3.8) is 0 Å². The molecule has 1 aromatic heterocycles. The minimum absolute atomic E-state index is 0.179. The maximum atomic E-state index is 14.2. The Labute approximate surface area is 183 Å². The van der Waals surface area contributed by atoms with Crippen LogP contribution in [-0.4, -0.2) is 27.8 Å². The lowest BCUT2D eigenvalue weighted by atomic mass is 9.96. The number of hydrogen-bond acceptors (Lipinski definition) is 4. The predicted molar refractivity (Wildman–Crippen MR) is 115 cm³/mol. The highest BCUT2D eigenvalue weighted by Gasteiger charge is 2.42. The van der Waals surface area contributed by atoms with E-state index >= 15 is 0 Å². The van der Waals surface area contributed by atoms with Gasteiger partial charge < -0.3 is 14.4 Å². The van der Waals surface area contributed by atoms with Gasteiger partial charge in [0.15, 0.2) is 11.5 Å². The molecule has 3 aromatic carbocycles. The minimum Gasteiger partial charge on any atom is -0.454 e. The fraction of sp³-hybridized carbons (Fsp3) is 0.120. The van der Waals surface area contributed by atoms with Gasteiger partial charge in [-0.1, -0.05) is 48.5 Å². The summed E-state index contributed by atoms with van der Waals surface area (Å²) in [6.07, 6.45) is 0.